The first kappa shape index (κ1) is 14.6. The summed E-state index contributed by atoms with van der Waals surface area (Å²) in [5.74, 6) is 0.689. The highest BCUT2D eigenvalue weighted by atomic mass is 35.5. The van der Waals surface area contributed by atoms with Gasteiger partial charge in [-0.25, -0.2) is 4.99 Å². The zero-order valence-corrected chi connectivity index (χ0v) is 13.4. The normalized spacial score (nSPS) is 13.2. The Balaban J connectivity index is 1.85. The molecule has 4 nitrogen and oxygen atoms in total. The fourth-order valence-corrected chi connectivity index (χ4v) is 2.64. The first-order valence-electron chi connectivity index (χ1n) is 7.50. The van der Waals surface area contributed by atoms with Crippen LogP contribution in [0.15, 0.2) is 83.0 Å². The summed E-state index contributed by atoms with van der Waals surface area (Å²) in [5, 5.41) is 5.24. The lowest BCUT2D eigenvalue weighted by molar-refractivity contribution is 1.03. The Hall–Kier alpha value is -2.98. The van der Waals surface area contributed by atoms with Gasteiger partial charge in [-0.15, -0.1) is 0 Å². The van der Waals surface area contributed by atoms with Gasteiger partial charge >= 0.3 is 0 Å². The molecular weight excluding hydrogens is 320 g/mol. The Morgan fingerprint density at radius 2 is 1.58 bits per heavy atom. The summed E-state index contributed by atoms with van der Waals surface area (Å²) < 4.78 is 0. The number of hydrazone groups is 1. The maximum Gasteiger partial charge on any atom is 0.154 e. The molecule has 0 radical (unpaired) electrons. The second-order valence-electron chi connectivity index (χ2n) is 5.28. The summed E-state index contributed by atoms with van der Waals surface area (Å²) in [5.41, 5.74) is 7.21. The molecule has 0 atom stereocenters. The smallest absolute Gasteiger partial charge is 0.154 e. The zero-order chi connectivity index (χ0) is 16.4. The van der Waals surface area contributed by atoms with Gasteiger partial charge in [0.05, 0.1) is 5.69 Å². The molecule has 116 valence electrons. The second kappa shape index (κ2) is 6.26. The van der Waals surface area contributed by atoms with Gasteiger partial charge < -0.3 is 0 Å². The lowest BCUT2D eigenvalue weighted by Gasteiger charge is -2.06. The van der Waals surface area contributed by atoms with Crippen LogP contribution in [-0.2, 0) is 0 Å². The maximum absolute atomic E-state index is 5.99. The van der Waals surface area contributed by atoms with Crippen LogP contribution in [0.2, 0.25) is 5.02 Å². The minimum Gasteiger partial charge on any atom is -0.260 e. The van der Waals surface area contributed by atoms with Gasteiger partial charge in [0.15, 0.2) is 5.84 Å². The van der Waals surface area contributed by atoms with Crippen molar-refractivity contribution in [1.82, 2.24) is 10.4 Å². The molecule has 0 unspecified atom stereocenters. The Kier molecular flexibility index (Phi) is 3.81. The van der Waals surface area contributed by atoms with Crippen molar-refractivity contribution in [3.63, 3.8) is 0 Å². The molecule has 24 heavy (non-hydrogen) atoms. The molecule has 0 aliphatic carbocycles. The summed E-state index contributed by atoms with van der Waals surface area (Å²) in [7, 11) is 0. The SMILES string of the molecule is Clc1ccc(C2=NNC(c3ccccc3)=Nc3cccnc32)cc1. The lowest BCUT2D eigenvalue weighted by atomic mass is 10.1. The summed E-state index contributed by atoms with van der Waals surface area (Å²) in [6.45, 7) is 0. The number of benzene rings is 2. The summed E-state index contributed by atoms with van der Waals surface area (Å²) in [4.78, 5) is 9.18. The third-order valence-corrected chi connectivity index (χ3v) is 3.93. The topological polar surface area (TPSA) is 49.6 Å². The molecule has 3 aromatic rings. The molecule has 0 saturated heterocycles. The van der Waals surface area contributed by atoms with Crippen molar-refractivity contribution in [2.45, 2.75) is 0 Å². The molecule has 0 saturated carbocycles. The van der Waals surface area contributed by atoms with E-state index < -0.39 is 0 Å². The Bertz CT molecular complexity index is 931. The van der Waals surface area contributed by atoms with Crippen LogP contribution in [-0.4, -0.2) is 16.5 Å². The number of fused-ring (bicyclic) bond motifs is 1. The largest absolute Gasteiger partial charge is 0.260 e. The highest BCUT2D eigenvalue weighted by Gasteiger charge is 2.18. The van der Waals surface area contributed by atoms with E-state index in [4.69, 9.17) is 16.6 Å². The van der Waals surface area contributed by atoms with E-state index in [1.165, 1.54) is 0 Å². The van der Waals surface area contributed by atoms with E-state index in [-0.39, 0.29) is 0 Å². The van der Waals surface area contributed by atoms with E-state index >= 15 is 0 Å². The van der Waals surface area contributed by atoms with Crippen molar-refractivity contribution in [1.29, 1.82) is 0 Å². The van der Waals surface area contributed by atoms with Crippen LogP contribution >= 0.6 is 11.6 Å². The fraction of sp³-hybridized carbons (Fsp3) is 0. The number of halogens is 1. The van der Waals surface area contributed by atoms with E-state index in [1.807, 2.05) is 66.7 Å². The number of pyridine rings is 1. The molecular formula is C19H13ClN4. The third kappa shape index (κ3) is 2.79. The predicted molar refractivity (Wildman–Crippen MR) is 97.1 cm³/mol. The number of aliphatic imine (C=N–C) groups is 1. The summed E-state index contributed by atoms with van der Waals surface area (Å²) in [6, 6.07) is 21.2. The van der Waals surface area contributed by atoms with Crippen molar-refractivity contribution in [3.05, 3.63) is 94.8 Å². The van der Waals surface area contributed by atoms with Crippen LogP contribution in [0.4, 0.5) is 5.69 Å². The van der Waals surface area contributed by atoms with Crippen LogP contribution in [0.5, 0.6) is 0 Å². The van der Waals surface area contributed by atoms with E-state index in [2.05, 4.69) is 15.5 Å². The molecule has 1 aliphatic rings. The molecule has 2 heterocycles. The number of rotatable bonds is 2. The van der Waals surface area contributed by atoms with Gasteiger partial charge in [-0.05, 0) is 24.3 Å². The molecule has 1 aliphatic heterocycles. The molecule has 1 N–H and O–H groups in total. The van der Waals surface area contributed by atoms with Crippen molar-refractivity contribution in [3.8, 4) is 0 Å². The summed E-state index contributed by atoms with van der Waals surface area (Å²) >= 11 is 5.99. The molecule has 0 spiro atoms. The van der Waals surface area contributed by atoms with Crippen LogP contribution in [0.1, 0.15) is 16.8 Å². The molecule has 2 aromatic carbocycles. The van der Waals surface area contributed by atoms with Gasteiger partial charge in [-0.3, -0.25) is 10.4 Å². The first-order chi connectivity index (χ1) is 11.8. The molecule has 1 aromatic heterocycles. The van der Waals surface area contributed by atoms with Gasteiger partial charge in [-0.2, -0.15) is 5.10 Å². The third-order valence-electron chi connectivity index (χ3n) is 3.68. The van der Waals surface area contributed by atoms with Gasteiger partial charge in [-0.1, -0.05) is 54.1 Å². The number of hydrogen-bond acceptors (Lipinski definition) is 4. The minimum atomic E-state index is 0.684. The van der Waals surface area contributed by atoms with E-state index in [9.17, 15) is 0 Å². The Labute approximate surface area is 144 Å². The zero-order valence-electron chi connectivity index (χ0n) is 12.6. The van der Waals surface area contributed by atoms with Gasteiger partial charge in [0.2, 0.25) is 0 Å². The average Bonchev–Trinajstić information content (AvgIpc) is 2.83. The Morgan fingerprint density at radius 1 is 0.792 bits per heavy atom. The number of aromatic nitrogens is 1. The molecule has 5 heteroatoms. The fourth-order valence-electron chi connectivity index (χ4n) is 2.51. The monoisotopic (exact) mass is 332 g/mol. The predicted octanol–water partition coefficient (Wildman–Crippen LogP) is 4.17. The van der Waals surface area contributed by atoms with Gasteiger partial charge in [0.25, 0.3) is 0 Å². The minimum absolute atomic E-state index is 0.684. The standard InChI is InChI=1S/C19H13ClN4/c20-15-10-8-13(9-11-15)17-18-16(7-4-12-21-18)22-19(24-23-17)14-5-2-1-3-6-14/h1-12H,(H,22,24). The molecule has 0 amide bonds. The average molecular weight is 333 g/mol. The van der Waals surface area contributed by atoms with Crippen molar-refractivity contribution in [2.75, 3.05) is 0 Å². The van der Waals surface area contributed by atoms with Gasteiger partial charge in [0, 0.05) is 22.3 Å². The molecule has 0 bridgehead atoms. The molecule has 4 rings (SSSR count). The van der Waals surface area contributed by atoms with Crippen molar-refractivity contribution >= 4 is 28.8 Å². The highest BCUT2D eigenvalue weighted by Crippen LogP contribution is 2.24. The first-order valence-corrected chi connectivity index (χ1v) is 7.88. The van der Waals surface area contributed by atoms with E-state index in [0.717, 1.165) is 28.2 Å². The van der Waals surface area contributed by atoms with Crippen molar-refractivity contribution in [2.24, 2.45) is 10.1 Å². The van der Waals surface area contributed by atoms with Crippen LogP contribution in [0, 0.1) is 0 Å². The van der Waals surface area contributed by atoms with Crippen LogP contribution < -0.4 is 5.43 Å². The number of hydrogen-bond donors (Lipinski definition) is 1. The quantitative estimate of drug-likeness (QED) is 0.765. The van der Waals surface area contributed by atoms with Gasteiger partial charge in [0.1, 0.15) is 11.4 Å². The number of nitrogens with one attached hydrogen (secondary N) is 1. The second-order valence-corrected chi connectivity index (χ2v) is 5.71. The Morgan fingerprint density at radius 3 is 2.38 bits per heavy atom. The number of amidine groups is 1. The number of nitrogens with zero attached hydrogens (tertiary/aromatic N) is 3. The molecule has 0 fully saturated rings. The maximum atomic E-state index is 5.99. The highest BCUT2D eigenvalue weighted by molar-refractivity contribution is 6.30. The van der Waals surface area contributed by atoms with E-state index in [1.54, 1.807) is 6.20 Å². The lowest BCUT2D eigenvalue weighted by Crippen LogP contribution is -2.19. The van der Waals surface area contributed by atoms with Crippen LogP contribution in [0.25, 0.3) is 0 Å². The van der Waals surface area contributed by atoms with Crippen LogP contribution in [0.3, 0.4) is 0 Å². The summed E-state index contributed by atoms with van der Waals surface area (Å²) in [6.07, 6.45) is 1.74. The van der Waals surface area contributed by atoms with E-state index in [0.29, 0.717) is 10.9 Å². The van der Waals surface area contributed by atoms with Crippen molar-refractivity contribution < 1.29 is 0 Å².